The van der Waals surface area contributed by atoms with Gasteiger partial charge in [-0.3, -0.25) is 14.4 Å². The van der Waals surface area contributed by atoms with Gasteiger partial charge in [-0.2, -0.15) is 13.2 Å². The van der Waals surface area contributed by atoms with Crippen LogP contribution in [0, 0.1) is 5.92 Å². The molecule has 2 aromatic carbocycles. The summed E-state index contributed by atoms with van der Waals surface area (Å²) in [6.45, 7) is 4.27. The predicted octanol–water partition coefficient (Wildman–Crippen LogP) is 4.92. The number of hydrogen-bond acceptors (Lipinski definition) is 7. The lowest BCUT2D eigenvalue weighted by Gasteiger charge is -2.38. The van der Waals surface area contributed by atoms with Crippen molar-refractivity contribution in [1.29, 1.82) is 0 Å². The molecule has 0 saturated heterocycles. The van der Waals surface area contributed by atoms with Gasteiger partial charge in [0, 0.05) is 25.6 Å². The molecule has 3 unspecified atom stereocenters. The second-order valence-electron chi connectivity index (χ2n) is 10.2. The van der Waals surface area contributed by atoms with Gasteiger partial charge in [0.1, 0.15) is 10.3 Å². The van der Waals surface area contributed by atoms with Crippen molar-refractivity contribution in [2.45, 2.75) is 42.9 Å². The van der Waals surface area contributed by atoms with Gasteiger partial charge in [0.15, 0.2) is 5.75 Å². The molecule has 13 heteroatoms. The molecule has 0 radical (unpaired) electrons. The molecule has 8 nitrogen and oxygen atoms in total. The number of rotatable bonds is 9. The minimum Gasteiger partial charge on any atom is -0.486 e. The second-order valence-corrected chi connectivity index (χ2v) is 13.1. The third kappa shape index (κ3) is 7.21. The molecule has 1 aromatic heterocycles. The average molecular weight is 612 g/mol. The van der Waals surface area contributed by atoms with E-state index in [-0.39, 0.29) is 40.3 Å². The van der Waals surface area contributed by atoms with Crippen molar-refractivity contribution in [2.24, 2.45) is 5.92 Å². The number of aliphatic hydroxyl groups excluding tert-OH is 1. The highest BCUT2D eigenvalue weighted by Crippen LogP contribution is 2.36. The SMILES string of the molecule is CC1CN(C(C)CO)C(=O)c2cccc(NS(=O)(=O)c3cccs3)c2OC1CN(C)Cc1ccc(C(F)(F)F)cc1. The van der Waals surface area contributed by atoms with Gasteiger partial charge in [0.05, 0.1) is 29.5 Å². The number of nitrogens with zero attached hydrogens (tertiary/aromatic N) is 2. The lowest BCUT2D eigenvalue weighted by atomic mass is 9.99. The first-order chi connectivity index (χ1) is 19.3. The first-order valence-electron chi connectivity index (χ1n) is 12.9. The summed E-state index contributed by atoms with van der Waals surface area (Å²) in [5.41, 5.74) is 0.205. The Labute approximate surface area is 241 Å². The molecule has 0 spiro atoms. The van der Waals surface area contributed by atoms with Crippen molar-refractivity contribution >= 4 is 33.0 Å². The Morgan fingerprint density at radius 1 is 1.17 bits per heavy atom. The Hall–Kier alpha value is -3.13. The highest BCUT2D eigenvalue weighted by atomic mass is 32.2. The van der Waals surface area contributed by atoms with Gasteiger partial charge < -0.3 is 14.7 Å². The Morgan fingerprint density at radius 3 is 2.49 bits per heavy atom. The van der Waals surface area contributed by atoms with Crippen LogP contribution in [0.1, 0.15) is 35.3 Å². The molecular weight excluding hydrogens is 579 g/mol. The van der Waals surface area contributed by atoms with Crippen LogP contribution in [-0.2, 0) is 22.7 Å². The Morgan fingerprint density at radius 2 is 1.88 bits per heavy atom. The first-order valence-corrected chi connectivity index (χ1v) is 15.3. The van der Waals surface area contributed by atoms with Crippen molar-refractivity contribution < 1.29 is 36.2 Å². The van der Waals surface area contributed by atoms with Crippen LogP contribution in [0.15, 0.2) is 64.2 Å². The van der Waals surface area contributed by atoms with Crippen molar-refractivity contribution in [3.8, 4) is 5.75 Å². The van der Waals surface area contributed by atoms with E-state index in [9.17, 15) is 31.5 Å². The lowest BCUT2D eigenvalue weighted by Crippen LogP contribution is -2.49. The molecule has 1 amide bonds. The van der Waals surface area contributed by atoms with Crippen molar-refractivity contribution in [3.05, 3.63) is 76.7 Å². The molecule has 1 aliphatic heterocycles. The molecule has 0 fully saturated rings. The third-order valence-corrected chi connectivity index (χ3v) is 9.68. The van der Waals surface area contributed by atoms with Gasteiger partial charge in [-0.1, -0.05) is 31.2 Å². The zero-order valence-corrected chi connectivity index (χ0v) is 24.4. The minimum absolute atomic E-state index is 0.0762. The molecule has 1 aliphatic rings. The number of amides is 1. The fourth-order valence-electron chi connectivity index (χ4n) is 4.64. The number of sulfonamides is 1. The molecule has 222 valence electrons. The number of carbonyl (C=O) groups excluding carboxylic acids is 1. The van der Waals surface area contributed by atoms with E-state index in [1.807, 2.05) is 11.8 Å². The fraction of sp³-hybridized carbons (Fsp3) is 0.393. The summed E-state index contributed by atoms with van der Waals surface area (Å²) in [4.78, 5) is 17.1. The number of para-hydroxylation sites is 1. The van der Waals surface area contributed by atoms with E-state index in [0.717, 1.165) is 23.5 Å². The number of thiophene rings is 1. The number of carbonyl (C=O) groups is 1. The maximum absolute atomic E-state index is 13.6. The number of hydrogen-bond donors (Lipinski definition) is 2. The van der Waals surface area contributed by atoms with Gasteiger partial charge in [0.25, 0.3) is 15.9 Å². The smallest absolute Gasteiger partial charge is 0.416 e. The number of nitrogens with one attached hydrogen (secondary N) is 1. The minimum atomic E-state index is -4.42. The van der Waals surface area contributed by atoms with Crippen LogP contribution in [0.25, 0.3) is 0 Å². The summed E-state index contributed by atoms with van der Waals surface area (Å²) in [7, 11) is -2.15. The summed E-state index contributed by atoms with van der Waals surface area (Å²) in [5, 5.41) is 11.5. The van der Waals surface area contributed by atoms with E-state index < -0.39 is 39.8 Å². The number of ether oxygens (including phenoxy) is 1. The van der Waals surface area contributed by atoms with Gasteiger partial charge in [-0.05, 0) is 55.2 Å². The number of benzene rings is 2. The van der Waals surface area contributed by atoms with E-state index >= 15 is 0 Å². The molecular formula is C28H32F3N3O5S2. The van der Waals surface area contributed by atoms with Gasteiger partial charge in [-0.15, -0.1) is 11.3 Å². The van der Waals surface area contributed by atoms with Crippen LogP contribution in [0.4, 0.5) is 18.9 Å². The van der Waals surface area contributed by atoms with Crippen LogP contribution in [0.3, 0.4) is 0 Å². The fourth-order valence-corrected chi connectivity index (χ4v) is 6.69. The molecule has 0 aliphatic carbocycles. The monoisotopic (exact) mass is 611 g/mol. The molecule has 2 N–H and O–H groups in total. The van der Waals surface area contributed by atoms with Gasteiger partial charge in [0.2, 0.25) is 0 Å². The van der Waals surface area contributed by atoms with E-state index in [4.69, 9.17) is 4.74 Å². The predicted molar refractivity (Wildman–Crippen MR) is 151 cm³/mol. The maximum Gasteiger partial charge on any atom is 0.416 e. The maximum atomic E-state index is 13.6. The Balaban J connectivity index is 1.65. The number of fused-ring (bicyclic) bond motifs is 1. The number of aliphatic hydroxyl groups is 1. The van der Waals surface area contributed by atoms with E-state index in [0.29, 0.717) is 18.7 Å². The third-order valence-electron chi connectivity index (χ3n) is 6.92. The quantitative estimate of drug-likeness (QED) is 0.357. The lowest BCUT2D eigenvalue weighted by molar-refractivity contribution is -0.137. The summed E-state index contributed by atoms with van der Waals surface area (Å²) >= 11 is 1.05. The van der Waals surface area contributed by atoms with E-state index in [2.05, 4.69) is 4.72 Å². The number of alkyl halides is 3. The normalized spacial score (nSPS) is 18.8. The standard InChI is InChI=1S/C28H32F3N3O5S2/c1-18-14-34(19(2)17-35)27(36)22-6-4-7-23(32-41(37,38)25-8-5-13-40-25)26(22)39-24(18)16-33(3)15-20-9-11-21(12-10-20)28(29,30)31/h4-13,18-19,24,32,35H,14-17H2,1-3H3. The summed E-state index contributed by atoms with van der Waals surface area (Å²) < 4.78 is 74.1. The van der Waals surface area contributed by atoms with E-state index in [1.54, 1.807) is 42.5 Å². The van der Waals surface area contributed by atoms with Gasteiger partial charge in [-0.25, -0.2) is 8.42 Å². The van der Waals surface area contributed by atoms with Crippen LogP contribution in [0.2, 0.25) is 0 Å². The summed E-state index contributed by atoms with van der Waals surface area (Å²) in [5.74, 6) is -0.576. The Bertz CT molecular complexity index is 1450. The largest absolute Gasteiger partial charge is 0.486 e. The van der Waals surface area contributed by atoms with Crippen molar-refractivity contribution in [2.75, 3.05) is 31.5 Å². The van der Waals surface area contributed by atoms with Gasteiger partial charge >= 0.3 is 6.18 Å². The molecule has 4 rings (SSSR count). The zero-order valence-electron chi connectivity index (χ0n) is 22.8. The molecule has 3 aromatic rings. The highest BCUT2D eigenvalue weighted by Gasteiger charge is 2.35. The molecule has 41 heavy (non-hydrogen) atoms. The highest BCUT2D eigenvalue weighted by molar-refractivity contribution is 7.94. The molecule has 2 heterocycles. The number of halogens is 3. The van der Waals surface area contributed by atoms with Crippen LogP contribution in [0.5, 0.6) is 5.75 Å². The Kier molecular flexibility index (Phi) is 9.32. The van der Waals surface area contributed by atoms with E-state index in [1.165, 1.54) is 24.3 Å². The summed E-state index contributed by atoms with van der Waals surface area (Å²) in [6, 6.07) is 12.2. The van der Waals surface area contributed by atoms with Crippen molar-refractivity contribution in [1.82, 2.24) is 9.80 Å². The number of anilines is 1. The first kappa shape index (κ1) is 30.8. The summed E-state index contributed by atoms with van der Waals surface area (Å²) in [6.07, 6.45) is -4.96. The number of likely N-dealkylation sites (N-methyl/N-ethyl adjacent to an activating group) is 1. The zero-order chi connectivity index (χ0) is 29.9. The van der Waals surface area contributed by atoms with Crippen LogP contribution < -0.4 is 9.46 Å². The van der Waals surface area contributed by atoms with Crippen LogP contribution >= 0.6 is 11.3 Å². The topological polar surface area (TPSA) is 99.2 Å². The molecule has 3 atom stereocenters. The average Bonchev–Trinajstić information content (AvgIpc) is 3.47. The second kappa shape index (κ2) is 12.4. The van der Waals surface area contributed by atoms with Crippen molar-refractivity contribution in [3.63, 3.8) is 0 Å². The van der Waals surface area contributed by atoms with Crippen LogP contribution in [-0.4, -0.2) is 68.1 Å². The molecule has 0 saturated carbocycles. The molecule has 0 bridgehead atoms.